The Morgan fingerprint density at radius 1 is 1.14 bits per heavy atom. The van der Waals surface area contributed by atoms with Crippen LogP contribution in [0.15, 0.2) is 18.5 Å². The van der Waals surface area contributed by atoms with Gasteiger partial charge in [0.05, 0.1) is 27.7 Å². The molecule has 1 aliphatic heterocycles. The zero-order chi connectivity index (χ0) is 19.7. The van der Waals surface area contributed by atoms with Crippen molar-refractivity contribution in [1.29, 1.82) is 0 Å². The lowest BCUT2D eigenvalue weighted by Gasteiger charge is -2.15. The van der Waals surface area contributed by atoms with E-state index in [0.717, 1.165) is 30.8 Å². The van der Waals surface area contributed by atoms with Crippen molar-refractivity contribution in [3.05, 3.63) is 22.3 Å². The minimum absolute atomic E-state index is 0.0373. The molecule has 148 valence electrons. The molecule has 4 rings (SSSR count). The fourth-order valence-corrected chi connectivity index (χ4v) is 3.73. The van der Waals surface area contributed by atoms with Crippen molar-refractivity contribution >= 4 is 45.3 Å². The Morgan fingerprint density at radius 3 is 2.50 bits per heavy atom. The summed E-state index contributed by atoms with van der Waals surface area (Å²) in [5.41, 5.74) is 2.14. The van der Waals surface area contributed by atoms with E-state index in [2.05, 4.69) is 42.9 Å². The van der Waals surface area contributed by atoms with Gasteiger partial charge in [-0.15, -0.1) is 0 Å². The van der Waals surface area contributed by atoms with Crippen molar-refractivity contribution in [2.45, 2.75) is 19.1 Å². The summed E-state index contributed by atoms with van der Waals surface area (Å²) in [5.74, 6) is 2.23. The smallest absolute Gasteiger partial charge is 0.203 e. The molecular weight excluding hydrogens is 477 g/mol. The molecule has 9 nitrogen and oxygen atoms in total. The largest absolute Gasteiger partial charge is 0.493 e. The van der Waals surface area contributed by atoms with Gasteiger partial charge in [-0.2, -0.15) is 0 Å². The molecule has 0 radical (unpaired) electrons. The average Bonchev–Trinajstić information content (AvgIpc) is 3.36. The van der Waals surface area contributed by atoms with Crippen molar-refractivity contribution in [3.8, 4) is 17.2 Å². The second kappa shape index (κ2) is 7.95. The minimum Gasteiger partial charge on any atom is -0.493 e. The van der Waals surface area contributed by atoms with Gasteiger partial charge in [-0.05, 0) is 12.8 Å². The number of fused-ring (bicyclic) bond motifs is 1. The minimum atomic E-state index is -0.0373. The first kappa shape index (κ1) is 19.0. The SMILES string of the molecule is COc1cc(Nc2nc(I)nc3c2ncn3C2CCCO2)cc(OC)c1OC. The standard InChI is InChI=1S/C18H20IN5O4/c1-25-11-7-10(8-12(26-2)15(11)27-3)21-16-14-17(23-18(19)22-16)24(9-20-14)13-5-4-6-28-13/h7-9,13H,4-6H2,1-3H3,(H,21,22,23). The van der Waals surface area contributed by atoms with Crippen molar-refractivity contribution in [2.75, 3.05) is 33.3 Å². The van der Waals surface area contributed by atoms with Crippen LogP contribution in [-0.2, 0) is 4.74 Å². The second-order valence-electron chi connectivity index (χ2n) is 6.17. The molecule has 0 saturated carbocycles. The van der Waals surface area contributed by atoms with Crippen LogP contribution >= 0.6 is 22.6 Å². The molecule has 1 aliphatic rings. The van der Waals surface area contributed by atoms with E-state index in [4.69, 9.17) is 18.9 Å². The lowest BCUT2D eigenvalue weighted by atomic mass is 10.2. The first-order chi connectivity index (χ1) is 13.6. The molecule has 1 fully saturated rings. The molecule has 0 bridgehead atoms. The third kappa shape index (κ3) is 3.41. The number of nitrogens with zero attached hydrogens (tertiary/aromatic N) is 4. The van der Waals surface area contributed by atoms with Crippen molar-refractivity contribution in [3.63, 3.8) is 0 Å². The molecule has 1 atom stereocenters. The summed E-state index contributed by atoms with van der Waals surface area (Å²) in [6.07, 6.45) is 3.70. The van der Waals surface area contributed by atoms with Crippen molar-refractivity contribution < 1.29 is 18.9 Å². The zero-order valence-electron chi connectivity index (χ0n) is 15.7. The van der Waals surface area contributed by atoms with Crippen LogP contribution in [-0.4, -0.2) is 47.5 Å². The van der Waals surface area contributed by atoms with E-state index in [-0.39, 0.29) is 6.23 Å². The number of aromatic nitrogens is 4. The van der Waals surface area contributed by atoms with Gasteiger partial charge in [0.25, 0.3) is 0 Å². The molecule has 28 heavy (non-hydrogen) atoms. The molecule has 1 saturated heterocycles. The van der Waals surface area contributed by atoms with E-state index >= 15 is 0 Å². The maximum absolute atomic E-state index is 5.78. The number of halogens is 1. The molecule has 10 heteroatoms. The van der Waals surface area contributed by atoms with Crippen LogP contribution in [0.5, 0.6) is 17.2 Å². The third-order valence-electron chi connectivity index (χ3n) is 4.54. The maximum Gasteiger partial charge on any atom is 0.203 e. The molecule has 0 spiro atoms. The van der Waals surface area contributed by atoms with Crippen LogP contribution in [0, 0.1) is 3.83 Å². The number of imidazole rings is 1. The normalized spacial score (nSPS) is 16.4. The van der Waals surface area contributed by atoms with E-state index < -0.39 is 0 Å². The predicted molar refractivity (Wildman–Crippen MR) is 112 cm³/mol. The molecule has 1 N–H and O–H groups in total. The number of hydrogen-bond acceptors (Lipinski definition) is 8. The highest BCUT2D eigenvalue weighted by Crippen LogP contribution is 2.41. The lowest BCUT2D eigenvalue weighted by Crippen LogP contribution is -2.08. The van der Waals surface area contributed by atoms with Gasteiger partial charge in [0.2, 0.25) is 5.75 Å². The van der Waals surface area contributed by atoms with E-state index in [1.54, 1.807) is 27.7 Å². The van der Waals surface area contributed by atoms with Gasteiger partial charge in [0.15, 0.2) is 32.3 Å². The summed E-state index contributed by atoms with van der Waals surface area (Å²) in [4.78, 5) is 13.6. The van der Waals surface area contributed by atoms with Crippen LogP contribution in [0.3, 0.4) is 0 Å². The van der Waals surface area contributed by atoms with Crippen LogP contribution in [0.2, 0.25) is 0 Å². The van der Waals surface area contributed by atoms with Gasteiger partial charge in [-0.1, -0.05) is 0 Å². The molecule has 3 aromatic rings. The summed E-state index contributed by atoms with van der Waals surface area (Å²) in [6, 6.07) is 3.64. The molecule has 0 aliphatic carbocycles. The summed E-state index contributed by atoms with van der Waals surface area (Å²) >= 11 is 2.10. The zero-order valence-corrected chi connectivity index (χ0v) is 17.9. The molecule has 2 aromatic heterocycles. The summed E-state index contributed by atoms with van der Waals surface area (Å²) < 4.78 is 24.6. The van der Waals surface area contributed by atoms with Crippen molar-refractivity contribution in [2.24, 2.45) is 0 Å². The number of anilines is 2. The maximum atomic E-state index is 5.78. The topological polar surface area (TPSA) is 92.6 Å². The average molecular weight is 497 g/mol. The quantitative estimate of drug-likeness (QED) is 0.409. The summed E-state index contributed by atoms with van der Waals surface area (Å²) in [7, 11) is 4.73. The Morgan fingerprint density at radius 2 is 1.89 bits per heavy atom. The third-order valence-corrected chi connectivity index (χ3v) is 5.02. The van der Waals surface area contributed by atoms with Crippen LogP contribution in [0.25, 0.3) is 11.2 Å². The Labute approximate surface area is 175 Å². The molecular formula is C18H20IN5O4. The van der Waals surface area contributed by atoms with Crippen LogP contribution < -0.4 is 19.5 Å². The highest BCUT2D eigenvalue weighted by molar-refractivity contribution is 14.1. The summed E-state index contributed by atoms with van der Waals surface area (Å²) in [6.45, 7) is 0.753. The van der Waals surface area contributed by atoms with E-state index in [9.17, 15) is 0 Å². The van der Waals surface area contributed by atoms with Gasteiger partial charge in [0, 0.05) is 47.0 Å². The Bertz CT molecular complexity index is 978. The van der Waals surface area contributed by atoms with Crippen LogP contribution in [0.4, 0.5) is 11.5 Å². The number of rotatable bonds is 6. The Kier molecular flexibility index (Phi) is 5.40. The summed E-state index contributed by atoms with van der Waals surface area (Å²) in [5, 5.41) is 3.30. The molecule has 0 amide bonds. The first-order valence-electron chi connectivity index (χ1n) is 8.73. The number of nitrogens with one attached hydrogen (secondary N) is 1. The van der Waals surface area contributed by atoms with Crippen molar-refractivity contribution in [1.82, 2.24) is 19.5 Å². The lowest BCUT2D eigenvalue weighted by molar-refractivity contribution is 0.0592. The number of hydrogen-bond donors (Lipinski definition) is 1. The van der Waals surface area contributed by atoms with Gasteiger partial charge in [-0.25, -0.2) is 15.0 Å². The van der Waals surface area contributed by atoms with Gasteiger partial charge >= 0.3 is 0 Å². The van der Waals surface area contributed by atoms with Gasteiger partial charge < -0.3 is 24.3 Å². The molecule has 1 unspecified atom stereocenters. The van der Waals surface area contributed by atoms with E-state index in [0.29, 0.717) is 32.4 Å². The van der Waals surface area contributed by atoms with Crippen LogP contribution in [0.1, 0.15) is 19.1 Å². The van der Waals surface area contributed by atoms with E-state index in [1.165, 1.54) is 0 Å². The molecule has 1 aromatic carbocycles. The first-order valence-corrected chi connectivity index (χ1v) is 9.81. The monoisotopic (exact) mass is 497 g/mol. The number of ether oxygens (including phenoxy) is 4. The fraction of sp³-hybridized carbons (Fsp3) is 0.389. The van der Waals surface area contributed by atoms with Gasteiger partial charge in [0.1, 0.15) is 6.23 Å². The van der Waals surface area contributed by atoms with E-state index in [1.807, 2.05) is 16.7 Å². The highest BCUT2D eigenvalue weighted by atomic mass is 127. The Hall–Kier alpha value is -2.34. The van der Waals surface area contributed by atoms with Gasteiger partial charge in [-0.3, -0.25) is 4.57 Å². The second-order valence-corrected chi connectivity index (χ2v) is 7.14. The predicted octanol–water partition coefficient (Wildman–Crippen LogP) is 3.51. The number of benzene rings is 1. The highest BCUT2D eigenvalue weighted by Gasteiger charge is 2.22. The fourth-order valence-electron chi connectivity index (χ4n) is 3.26. The Balaban J connectivity index is 1.76. The number of methoxy groups -OCH3 is 3. The molecule has 3 heterocycles.